The molecule has 1 saturated carbocycles. The maximum atomic E-state index is 5.24. The van der Waals surface area contributed by atoms with Crippen LogP contribution in [0, 0.1) is 11.8 Å². The molecule has 0 unspecified atom stereocenters. The Morgan fingerprint density at radius 1 is 0.958 bits per heavy atom. The summed E-state index contributed by atoms with van der Waals surface area (Å²) in [6.45, 7) is 8.83. The number of methoxy groups -OCH3 is 1. The summed E-state index contributed by atoms with van der Waals surface area (Å²) in [7, 11) is 1.70. The van der Waals surface area contributed by atoms with Crippen molar-refractivity contribution >= 4 is 0 Å². The largest absolute Gasteiger partial charge is 0.497 e. The van der Waals surface area contributed by atoms with E-state index in [2.05, 4.69) is 56.8 Å². The highest BCUT2D eigenvalue weighted by atomic mass is 16.5. The minimum Gasteiger partial charge on any atom is -0.497 e. The molecule has 0 aromatic heterocycles. The molecule has 3 rings (SSSR count). The van der Waals surface area contributed by atoms with E-state index in [4.69, 9.17) is 4.74 Å². The van der Waals surface area contributed by atoms with Crippen molar-refractivity contribution in [3.05, 3.63) is 66.2 Å². The average molecular weight is 320 g/mol. The molecule has 0 N–H and O–H groups in total. The van der Waals surface area contributed by atoms with Crippen molar-refractivity contribution in [2.24, 2.45) is 11.8 Å². The van der Waals surface area contributed by atoms with Gasteiger partial charge >= 0.3 is 0 Å². The van der Waals surface area contributed by atoms with Gasteiger partial charge in [0.2, 0.25) is 0 Å². The van der Waals surface area contributed by atoms with E-state index in [1.807, 2.05) is 12.1 Å². The number of hydrogen-bond acceptors (Lipinski definition) is 1. The van der Waals surface area contributed by atoms with Crippen molar-refractivity contribution in [2.75, 3.05) is 7.11 Å². The molecular formula is C23H28O. The molecule has 0 spiro atoms. The normalized spacial score (nSPS) is 23.7. The minimum atomic E-state index is 0.621. The Bertz CT molecular complexity index is 681. The van der Waals surface area contributed by atoms with Crippen LogP contribution in [0.25, 0.3) is 11.1 Å². The molecule has 1 nitrogen and oxygen atoms in total. The number of allylic oxidation sites excluding steroid dienone is 1. The number of hydrogen-bond donors (Lipinski definition) is 0. The van der Waals surface area contributed by atoms with Crippen LogP contribution < -0.4 is 4.74 Å². The van der Waals surface area contributed by atoms with Gasteiger partial charge in [0.25, 0.3) is 0 Å². The molecule has 0 heterocycles. The second-order valence-electron chi connectivity index (χ2n) is 7.33. The molecule has 2 aromatic rings. The molecule has 3 atom stereocenters. The zero-order valence-electron chi connectivity index (χ0n) is 15.1. The van der Waals surface area contributed by atoms with Gasteiger partial charge in [0, 0.05) is 0 Å². The Morgan fingerprint density at radius 2 is 1.54 bits per heavy atom. The van der Waals surface area contributed by atoms with Crippen molar-refractivity contribution in [2.45, 2.75) is 39.0 Å². The van der Waals surface area contributed by atoms with Crippen LogP contribution in [0.5, 0.6) is 5.75 Å². The van der Waals surface area contributed by atoms with Gasteiger partial charge in [0.1, 0.15) is 5.75 Å². The fraction of sp³-hybridized carbons (Fsp3) is 0.391. The van der Waals surface area contributed by atoms with E-state index in [0.29, 0.717) is 11.8 Å². The Labute approximate surface area is 146 Å². The van der Waals surface area contributed by atoms with Gasteiger partial charge in [-0.3, -0.25) is 0 Å². The Balaban J connectivity index is 1.83. The molecule has 0 bridgehead atoms. The van der Waals surface area contributed by atoms with Crippen LogP contribution in [0.15, 0.2) is 60.7 Å². The topological polar surface area (TPSA) is 9.23 Å². The van der Waals surface area contributed by atoms with E-state index < -0.39 is 0 Å². The van der Waals surface area contributed by atoms with Gasteiger partial charge in [-0.15, -0.1) is 0 Å². The lowest BCUT2D eigenvalue weighted by molar-refractivity contribution is 0.278. The van der Waals surface area contributed by atoms with Gasteiger partial charge in [0.05, 0.1) is 7.11 Å². The van der Waals surface area contributed by atoms with E-state index in [9.17, 15) is 0 Å². The first-order valence-corrected chi connectivity index (χ1v) is 8.98. The molecule has 24 heavy (non-hydrogen) atoms. The number of rotatable bonds is 4. The minimum absolute atomic E-state index is 0.621. The first kappa shape index (κ1) is 16.8. The second kappa shape index (κ2) is 7.25. The van der Waals surface area contributed by atoms with Crippen LogP contribution in [-0.4, -0.2) is 7.11 Å². The van der Waals surface area contributed by atoms with Gasteiger partial charge in [-0.05, 0) is 66.3 Å². The molecular weight excluding hydrogens is 292 g/mol. The standard InChI is InChI=1S/C23H28O/c1-16(2)22-14-5-17(3)15-23(22)20-8-6-18(7-9-20)19-10-12-21(24-4)13-11-19/h6-13,17,22-23H,1,5,14-15H2,2-4H3/t17-,22+,23+/m1/s1. The fourth-order valence-electron chi connectivity index (χ4n) is 4.05. The van der Waals surface area contributed by atoms with Crippen LogP contribution in [0.2, 0.25) is 0 Å². The van der Waals surface area contributed by atoms with Crippen LogP contribution in [0.3, 0.4) is 0 Å². The summed E-state index contributed by atoms with van der Waals surface area (Å²) in [4.78, 5) is 0. The lowest BCUT2D eigenvalue weighted by atomic mass is 9.69. The van der Waals surface area contributed by atoms with E-state index in [0.717, 1.165) is 11.7 Å². The highest BCUT2D eigenvalue weighted by Crippen LogP contribution is 2.43. The van der Waals surface area contributed by atoms with Gasteiger partial charge in [-0.25, -0.2) is 0 Å². The fourth-order valence-corrected chi connectivity index (χ4v) is 4.05. The lowest BCUT2D eigenvalue weighted by Crippen LogP contribution is -2.22. The molecule has 2 aromatic carbocycles. The zero-order valence-corrected chi connectivity index (χ0v) is 15.1. The smallest absolute Gasteiger partial charge is 0.118 e. The Kier molecular flexibility index (Phi) is 5.08. The summed E-state index contributed by atoms with van der Waals surface area (Å²) >= 11 is 0. The van der Waals surface area contributed by atoms with Crippen molar-refractivity contribution in [3.8, 4) is 16.9 Å². The molecule has 1 heteroatoms. The number of benzene rings is 2. The molecule has 0 saturated heterocycles. The molecule has 1 fully saturated rings. The monoisotopic (exact) mass is 320 g/mol. The highest BCUT2D eigenvalue weighted by molar-refractivity contribution is 5.64. The van der Waals surface area contributed by atoms with Crippen molar-refractivity contribution in [1.82, 2.24) is 0 Å². The third-order valence-electron chi connectivity index (χ3n) is 5.51. The van der Waals surface area contributed by atoms with E-state index in [1.165, 1.54) is 41.5 Å². The van der Waals surface area contributed by atoms with Crippen molar-refractivity contribution in [3.63, 3.8) is 0 Å². The molecule has 0 radical (unpaired) electrons. The summed E-state index contributed by atoms with van der Waals surface area (Å²) in [5, 5.41) is 0. The Morgan fingerprint density at radius 3 is 2.08 bits per heavy atom. The van der Waals surface area contributed by atoms with Gasteiger partial charge in [-0.1, -0.05) is 61.9 Å². The maximum absolute atomic E-state index is 5.24. The second-order valence-corrected chi connectivity index (χ2v) is 7.33. The summed E-state index contributed by atoms with van der Waals surface area (Å²) in [6, 6.07) is 17.4. The predicted octanol–water partition coefficient (Wildman–Crippen LogP) is 6.46. The SMILES string of the molecule is C=C(C)[C@@H]1CC[C@@H](C)C[C@H]1c1ccc(-c2ccc(OC)cc2)cc1. The van der Waals surface area contributed by atoms with Crippen LogP contribution in [0.4, 0.5) is 0 Å². The van der Waals surface area contributed by atoms with Gasteiger partial charge < -0.3 is 4.74 Å². The first-order chi connectivity index (χ1) is 11.6. The Hall–Kier alpha value is -2.02. The lowest BCUT2D eigenvalue weighted by Gasteiger charge is -2.36. The number of ether oxygens (including phenoxy) is 1. The van der Waals surface area contributed by atoms with Gasteiger partial charge in [0.15, 0.2) is 0 Å². The van der Waals surface area contributed by atoms with Crippen molar-refractivity contribution < 1.29 is 4.74 Å². The van der Waals surface area contributed by atoms with E-state index in [1.54, 1.807) is 7.11 Å². The van der Waals surface area contributed by atoms with Gasteiger partial charge in [-0.2, -0.15) is 0 Å². The average Bonchev–Trinajstić information content (AvgIpc) is 2.61. The van der Waals surface area contributed by atoms with Crippen LogP contribution >= 0.6 is 0 Å². The summed E-state index contributed by atoms with van der Waals surface area (Å²) in [5.74, 6) is 2.96. The van der Waals surface area contributed by atoms with E-state index in [-0.39, 0.29) is 0 Å². The molecule has 1 aliphatic rings. The maximum Gasteiger partial charge on any atom is 0.118 e. The summed E-state index contributed by atoms with van der Waals surface area (Å²) < 4.78 is 5.24. The quantitative estimate of drug-likeness (QED) is 0.587. The summed E-state index contributed by atoms with van der Waals surface area (Å²) in [5.41, 5.74) is 5.30. The van der Waals surface area contributed by atoms with Crippen LogP contribution in [-0.2, 0) is 0 Å². The molecule has 0 amide bonds. The zero-order chi connectivity index (χ0) is 17.1. The van der Waals surface area contributed by atoms with Crippen molar-refractivity contribution in [1.29, 1.82) is 0 Å². The predicted molar refractivity (Wildman–Crippen MR) is 102 cm³/mol. The third kappa shape index (κ3) is 3.56. The third-order valence-corrected chi connectivity index (χ3v) is 5.51. The highest BCUT2D eigenvalue weighted by Gasteiger charge is 2.30. The molecule has 0 aliphatic heterocycles. The van der Waals surface area contributed by atoms with Crippen LogP contribution in [0.1, 0.15) is 44.6 Å². The first-order valence-electron chi connectivity index (χ1n) is 8.98. The summed E-state index contributed by atoms with van der Waals surface area (Å²) in [6.07, 6.45) is 3.89. The van der Waals surface area contributed by atoms with E-state index >= 15 is 0 Å². The molecule has 126 valence electrons. The molecule has 1 aliphatic carbocycles.